The van der Waals surface area contributed by atoms with Crippen LogP contribution in [0.1, 0.15) is 335 Å². The number of unbranched alkanes of at least 4 members (excludes halogenated alkanes) is 34. The molecule has 0 aliphatic heterocycles. The van der Waals surface area contributed by atoms with E-state index in [4.69, 9.17) is 9.84 Å². The van der Waals surface area contributed by atoms with Gasteiger partial charge in [-0.2, -0.15) is 0 Å². The van der Waals surface area contributed by atoms with Crippen molar-refractivity contribution >= 4 is 23.9 Å². The van der Waals surface area contributed by atoms with Gasteiger partial charge in [0.1, 0.15) is 6.10 Å². The Balaban J connectivity index is -0.00000132. The van der Waals surface area contributed by atoms with Gasteiger partial charge in [0.05, 0.1) is 20.3 Å². The van der Waals surface area contributed by atoms with Crippen molar-refractivity contribution in [2.75, 3.05) is 55.5 Å². The first-order chi connectivity index (χ1) is 39.3. The fourth-order valence-corrected chi connectivity index (χ4v) is 9.89. The van der Waals surface area contributed by atoms with E-state index in [1.54, 1.807) is 0 Å². The second kappa shape index (κ2) is 69.7. The molecule has 480 valence electrons. The Bertz CT molecular complexity index is 1370. The number of nitrogens with zero attached hydrogens (tertiary/aromatic N) is 2. The summed E-state index contributed by atoms with van der Waals surface area (Å²) in [6.07, 6.45) is 67.4. The first kappa shape index (κ1) is 82.5. The molecule has 0 aliphatic rings. The van der Waals surface area contributed by atoms with E-state index in [0.717, 1.165) is 77.3 Å². The van der Waals surface area contributed by atoms with Crippen LogP contribution in [-0.4, -0.2) is 112 Å². The van der Waals surface area contributed by atoms with E-state index in [1.807, 2.05) is 33.1 Å². The summed E-state index contributed by atoms with van der Waals surface area (Å²) in [5.41, 5.74) is 0. The van der Waals surface area contributed by atoms with Gasteiger partial charge in [0.15, 0.2) is 0 Å². The molecule has 0 aromatic carbocycles. The Morgan fingerprint density at radius 2 is 0.630 bits per heavy atom. The summed E-state index contributed by atoms with van der Waals surface area (Å²) in [4.78, 5) is 48.5. The van der Waals surface area contributed by atoms with E-state index >= 15 is 0 Å². The Morgan fingerprint density at radius 3 is 0.938 bits per heavy atom. The van der Waals surface area contributed by atoms with Crippen LogP contribution in [0, 0.1) is 0 Å². The van der Waals surface area contributed by atoms with E-state index in [0.29, 0.717) is 19.3 Å². The van der Waals surface area contributed by atoms with Gasteiger partial charge in [0, 0.05) is 25.7 Å². The highest BCUT2D eigenvalue weighted by molar-refractivity contribution is 5.70. The van der Waals surface area contributed by atoms with Crippen molar-refractivity contribution in [3.05, 3.63) is 24.3 Å². The molecule has 0 bridgehead atoms. The molecule has 0 amide bonds. The molecule has 0 aliphatic carbocycles. The molecule has 0 rings (SSSR count). The zero-order valence-electron chi connectivity index (χ0n) is 54.9. The average molecular weight is 1150 g/mol. The highest BCUT2D eigenvalue weighted by Gasteiger charge is 2.15. The molecular formula is C70H136N2O9. The summed E-state index contributed by atoms with van der Waals surface area (Å²) in [7, 11) is 10.9. The van der Waals surface area contributed by atoms with Crippen molar-refractivity contribution in [2.45, 2.75) is 347 Å². The molecule has 0 heterocycles. The Kier molecular flexibility index (Phi) is 71.0. The van der Waals surface area contributed by atoms with E-state index < -0.39 is 5.97 Å². The van der Waals surface area contributed by atoms with Crippen molar-refractivity contribution in [1.29, 1.82) is 0 Å². The number of ether oxygens (including phenoxy) is 3. The van der Waals surface area contributed by atoms with Gasteiger partial charge in [-0.15, -0.1) is 0 Å². The molecule has 0 saturated carbocycles. The number of esters is 3. The number of rotatable bonds is 59. The zero-order valence-corrected chi connectivity index (χ0v) is 54.9. The number of carbonyl (C=O) groups is 4. The number of carboxylic acids is 1. The zero-order chi connectivity index (χ0) is 60.3. The topological polar surface area (TPSA) is 143 Å². The molecule has 0 saturated heterocycles. The van der Waals surface area contributed by atoms with E-state index in [9.17, 15) is 24.3 Å². The predicted octanol–water partition coefficient (Wildman–Crippen LogP) is 19.4. The number of methoxy groups -OCH3 is 2. The van der Waals surface area contributed by atoms with Gasteiger partial charge < -0.3 is 34.2 Å². The second-order valence-corrected chi connectivity index (χ2v) is 23.9. The highest BCUT2D eigenvalue weighted by Crippen LogP contribution is 2.20. The van der Waals surface area contributed by atoms with Crippen LogP contribution >= 0.6 is 0 Å². The molecule has 0 spiro atoms. The van der Waals surface area contributed by atoms with Gasteiger partial charge in [0.25, 0.3) is 0 Å². The minimum absolute atomic E-state index is 0.00140. The van der Waals surface area contributed by atoms with Crippen LogP contribution < -0.4 is 0 Å². The quantitative estimate of drug-likeness (QED) is 0.0260. The number of hydrogen-bond acceptors (Lipinski definition) is 10. The van der Waals surface area contributed by atoms with E-state index in [2.05, 4.69) is 52.5 Å². The van der Waals surface area contributed by atoms with Gasteiger partial charge in [-0.05, 0) is 157 Å². The normalized spacial score (nSPS) is 12.1. The molecule has 2 N–H and O–H groups in total. The monoisotopic (exact) mass is 1150 g/mol. The Labute approximate surface area is 502 Å². The standard InChI is InChI=1S/C35H67NO4.C29H56O3.C6H13NO2/c1-5-6-7-8-18-21-24-28-33(40-35(38)31-27-32-36(2)3)29-25-22-19-16-14-12-10-9-11-13-15-17-20-23-26-30-34(37)39-4;1-3-4-5-6-16-19-22-25-28(30)26-23-20-17-14-12-10-8-7-9-11-13-15-18-21-24-27-29(31)32-2;1-7(2)5-3-4-6(8)9/h9,11,33H,5-8,10,12-32H2,1-4H3;7,9,28,30H,3-6,8,10-27H2,1-2H3;3-5H2,1-2H3,(H,8,9)/b11-9-;9-7-;. The van der Waals surface area contributed by atoms with Crippen LogP contribution in [0.2, 0.25) is 0 Å². The van der Waals surface area contributed by atoms with Crippen molar-refractivity contribution in [1.82, 2.24) is 9.80 Å². The fraction of sp³-hybridized carbons (Fsp3) is 0.886. The van der Waals surface area contributed by atoms with E-state index in [1.165, 1.54) is 245 Å². The first-order valence-corrected chi connectivity index (χ1v) is 34.1. The lowest BCUT2D eigenvalue weighted by Crippen LogP contribution is -2.20. The Morgan fingerprint density at radius 1 is 0.358 bits per heavy atom. The van der Waals surface area contributed by atoms with Crippen molar-refractivity contribution in [3.8, 4) is 0 Å². The van der Waals surface area contributed by atoms with Gasteiger partial charge >= 0.3 is 23.9 Å². The number of hydrogen-bond donors (Lipinski definition) is 2. The lowest BCUT2D eigenvalue weighted by molar-refractivity contribution is -0.150. The van der Waals surface area contributed by atoms with Gasteiger partial charge in [-0.1, -0.05) is 218 Å². The second-order valence-electron chi connectivity index (χ2n) is 23.9. The summed E-state index contributed by atoms with van der Waals surface area (Å²) in [6, 6.07) is 0. The first-order valence-electron chi connectivity index (χ1n) is 34.1. The minimum atomic E-state index is -0.711. The van der Waals surface area contributed by atoms with Crippen molar-refractivity contribution < 1.29 is 43.6 Å². The molecule has 11 nitrogen and oxygen atoms in total. The maximum atomic E-state index is 12.4. The number of aliphatic hydroxyl groups is 1. The molecule has 2 atom stereocenters. The molecular weight excluding hydrogens is 1010 g/mol. The molecule has 2 unspecified atom stereocenters. The lowest BCUT2D eigenvalue weighted by Gasteiger charge is -2.18. The van der Waals surface area contributed by atoms with Crippen LogP contribution in [0.3, 0.4) is 0 Å². The predicted molar refractivity (Wildman–Crippen MR) is 345 cm³/mol. The number of aliphatic carboxylic acids is 1. The number of aliphatic hydroxyl groups excluding tert-OH is 1. The molecule has 11 heteroatoms. The summed E-state index contributed by atoms with van der Waals surface area (Å²) < 4.78 is 15.3. The smallest absolute Gasteiger partial charge is 0.306 e. The summed E-state index contributed by atoms with van der Waals surface area (Å²) in [5, 5.41) is 18.3. The molecule has 0 radical (unpaired) electrons. The van der Waals surface area contributed by atoms with E-state index in [-0.39, 0.29) is 36.5 Å². The van der Waals surface area contributed by atoms with Crippen molar-refractivity contribution in [2.24, 2.45) is 0 Å². The van der Waals surface area contributed by atoms with Crippen LogP contribution in [0.4, 0.5) is 0 Å². The van der Waals surface area contributed by atoms with Crippen LogP contribution in [0.15, 0.2) is 24.3 Å². The summed E-state index contributed by atoms with van der Waals surface area (Å²) >= 11 is 0. The Hall–Kier alpha value is -2.76. The molecule has 81 heavy (non-hydrogen) atoms. The van der Waals surface area contributed by atoms with Crippen LogP contribution in [0.25, 0.3) is 0 Å². The third-order valence-corrected chi connectivity index (χ3v) is 15.1. The lowest BCUT2D eigenvalue weighted by atomic mass is 10.0. The van der Waals surface area contributed by atoms with Gasteiger partial charge in [-0.25, -0.2) is 0 Å². The molecule has 0 aromatic rings. The average Bonchev–Trinajstić information content (AvgIpc) is 3.43. The SMILES string of the molecule is CCCCCCCCCC(CCCCCCCC/C=C\CCCCCCCC(=O)OC)OC(=O)CCCN(C)C.CCCCCCCCCC(O)CCCCCCCC/C=C\CCCCCCCC(=O)OC.CN(C)CCCC(=O)O. The number of carboxylic acid groups (broad SMARTS) is 1. The van der Waals surface area contributed by atoms with Gasteiger partial charge in [0.2, 0.25) is 0 Å². The highest BCUT2D eigenvalue weighted by atomic mass is 16.5. The minimum Gasteiger partial charge on any atom is -0.481 e. The molecule has 0 fully saturated rings. The van der Waals surface area contributed by atoms with Gasteiger partial charge in [-0.3, -0.25) is 19.2 Å². The third kappa shape index (κ3) is 77.2. The van der Waals surface area contributed by atoms with Crippen LogP contribution in [-0.2, 0) is 33.4 Å². The third-order valence-electron chi connectivity index (χ3n) is 15.1. The largest absolute Gasteiger partial charge is 0.481 e. The van der Waals surface area contributed by atoms with Crippen LogP contribution in [0.5, 0.6) is 0 Å². The maximum absolute atomic E-state index is 12.4. The maximum Gasteiger partial charge on any atom is 0.306 e. The van der Waals surface area contributed by atoms with Crippen molar-refractivity contribution in [3.63, 3.8) is 0 Å². The number of allylic oxidation sites excluding steroid dienone is 4. The molecule has 0 aromatic heterocycles. The summed E-state index contributed by atoms with van der Waals surface area (Å²) in [6.45, 7) is 6.32. The fourth-order valence-electron chi connectivity index (χ4n) is 9.89. The summed E-state index contributed by atoms with van der Waals surface area (Å²) in [5.74, 6) is -0.883. The number of carbonyl (C=O) groups excluding carboxylic acids is 3.